The summed E-state index contributed by atoms with van der Waals surface area (Å²) in [7, 11) is 1.81. The number of nitrogens with one attached hydrogen (secondary N) is 1. The predicted molar refractivity (Wildman–Crippen MR) is 59.2 cm³/mol. The molecule has 0 aromatic carbocycles. The fraction of sp³-hybridized carbons (Fsp3) is 0.778. The van der Waals surface area contributed by atoms with Gasteiger partial charge in [-0.3, -0.25) is 9.59 Å². The minimum absolute atomic E-state index is 0.0308. The van der Waals surface area contributed by atoms with E-state index in [4.69, 9.17) is 0 Å². The molecule has 0 saturated carbocycles. The van der Waals surface area contributed by atoms with Crippen LogP contribution in [0.2, 0.25) is 6.32 Å². The first kappa shape index (κ1) is 13.2. The number of likely N-dealkylation sites (N-methyl/N-ethyl adjacent to an activating group) is 1. The van der Waals surface area contributed by atoms with Gasteiger partial charge in [-0.15, -0.1) is 0 Å². The summed E-state index contributed by atoms with van der Waals surface area (Å²) in [6.07, 6.45) is 0.458. The first-order valence-electron chi connectivity index (χ1n) is 5.09. The van der Waals surface area contributed by atoms with Gasteiger partial charge in [0.1, 0.15) is 13.6 Å². The normalized spacial score (nSPS) is 9.86. The van der Waals surface area contributed by atoms with Gasteiger partial charge in [0.05, 0.1) is 6.54 Å². The number of rotatable bonds is 7. The van der Waals surface area contributed by atoms with E-state index in [0.717, 1.165) is 13.1 Å². The number of hydrogen-bond donors (Lipinski definition) is 1. The molecule has 14 heavy (non-hydrogen) atoms. The number of amides is 1. The maximum atomic E-state index is 11.4. The molecular formula is C9H19BN2O2. The van der Waals surface area contributed by atoms with Crippen molar-refractivity contribution < 1.29 is 9.59 Å². The van der Waals surface area contributed by atoms with Crippen LogP contribution in [0.1, 0.15) is 13.8 Å². The summed E-state index contributed by atoms with van der Waals surface area (Å²) in [5.74, 6) is 0.0707. The Bertz CT molecular complexity index is 197. The van der Waals surface area contributed by atoms with Crippen LogP contribution in [0.3, 0.4) is 0 Å². The highest BCUT2D eigenvalue weighted by Crippen LogP contribution is 1.92. The molecule has 0 aliphatic heterocycles. The largest absolute Gasteiger partial charge is 0.335 e. The number of carbonyl (C=O) groups is 2. The Morgan fingerprint density at radius 2 is 2.07 bits per heavy atom. The second-order valence-corrected chi connectivity index (χ2v) is 3.22. The molecule has 0 radical (unpaired) electrons. The fourth-order valence-corrected chi connectivity index (χ4v) is 1.18. The molecule has 0 heterocycles. The van der Waals surface area contributed by atoms with Gasteiger partial charge >= 0.3 is 0 Å². The first-order valence-corrected chi connectivity index (χ1v) is 5.09. The van der Waals surface area contributed by atoms with Crippen LogP contribution >= 0.6 is 0 Å². The van der Waals surface area contributed by atoms with Gasteiger partial charge in [0, 0.05) is 13.1 Å². The molecule has 5 heteroatoms. The van der Waals surface area contributed by atoms with Gasteiger partial charge in [0.2, 0.25) is 5.91 Å². The molecule has 0 atom stereocenters. The molecule has 0 saturated heterocycles. The Kier molecular flexibility index (Phi) is 7.11. The van der Waals surface area contributed by atoms with Crippen molar-refractivity contribution >= 4 is 19.5 Å². The highest BCUT2D eigenvalue weighted by molar-refractivity contribution is 6.19. The average molecular weight is 198 g/mol. The average Bonchev–Trinajstić information content (AvgIpc) is 2.15. The van der Waals surface area contributed by atoms with E-state index >= 15 is 0 Å². The van der Waals surface area contributed by atoms with E-state index in [2.05, 4.69) is 5.32 Å². The third-order valence-corrected chi connectivity index (χ3v) is 1.88. The zero-order valence-electron chi connectivity index (χ0n) is 9.30. The molecular weight excluding hydrogens is 179 g/mol. The van der Waals surface area contributed by atoms with Gasteiger partial charge in [-0.05, 0) is 19.8 Å². The molecule has 1 amide bonds. The smallest absolute Gasteiger partial charge is 0.215 e. The zero-order chi connectivity index (χ0) is 11.0. The zero-order valence-corrected chi connectivity index (χ0v) is 9.30. The lowest BCUT2D eigenvalue weighted by Crippen LogP contribution is -2.39. The van der Waals surface area contributed by atoms with Crippen molar-refractivity contribution in [3.63, 3.8) is 0 Å². The topological polar surface area (TPSA) is 49.4 Å². The van der Waals surface area contributed by atoms with E-state index in [1.54, 1.807) is 4.90 Å². The van der Waals surface area contributed by atoms with E-state index in [-0.39, 0.29) is 18.2 Å². The van der Waals surface area contributed by atoms with Gasteiger partial charge in [-0.2, -0.15) is 0 Å². The number of carbonyl (C=O) groups excluding carboxylic acids is 2. The van der Waals surface area contributed by atoms with E-state index in [1.165, 1.54) is 6.92 Å². The van der Waals surface area contributed by atoms with E-state index in [9.17, 15) is 9.59 Å². The van der Waals surface area contributed by atoms with E-state index in [1.807, 2.05) is 14.8 Å². The van der Waals surface area contributed by atoms with Crippen molar-refractivity contribution in [3.8, 4) is 0 Å². The van der Waals surface area contributed by atoms with Crippen molar-refractivity contribution in [1.29, 1.82) is 0 Å². The Hall–Kier alpha value is -0.835. The summed E-state index contributed by atoms with van der Waals surface area (Å²) in [4.78, 5) is 23.9. The van der Waals surface area contributed by atoms with Crippen molar-refractivity contribution in [2.75, 3.05) is 26.2 Å². The summed E-state index contributed by atoms with van der Waals surface area (Å²) >= 11 is 0. The van der Waals surface area contributed by atoms with Crippen LogP contribution in [0.15, 0.2) is 0 Å². The number of hydrogen-bond acceptors (Lipinski definition) is 3. The lowest BCUT2D eigenvalue weighted by Gasteiger charge is -2.20. The predicted octanol–water partition coefficient (Wildman–Crippen LogP) is -0.935. The SMILES string of the molecule is BCC(=O)N(CCNCC)CC(C)=O. The van der Waals surface area contributed by atoms with Gasteiger partial charge in [0.25, 0.3) is 0 Å². The molecule has 4 nitrogen and oxygen atoms in total. The molecule has 0 aliphatic carbocycles. The summed E-state index contributed by atoms with van der Waals surface area (Å²) in [6.45, 7) is 5.99. The van der Waals surface area contributed by atoms with E-state index in [0.29, 0.717) is 12.9 Å². The summed E-state index contributed by atoms with van der Waals surface area (Å²) in [6, 6.07) is 0. The molecule has 80 valence electrons. The highest BCUT2D eigenvalue weighted by Gasteiger charge is 2.12. The number of Topliss-reactive ketones (excluding diaryl/α,β-unsaturated/α-hetero) is 1. The third kappa shape index (κ3) is 5.75. The van der Waals surface area contributed by atoms with E-state index < -0.39 is 0 Å². The molecule has 0 unspecified atom stereocenters. The van der Waals surface area contributed by atoms with Crippen LogP contribution in [0, 0.1) is 0 Å². The van der Waals surface area contributed by atoms with Gasteiger partial charge < -0.3 is 10.2 Å². The second kappa shape index (κ2) is 7.56. The second-order valence-electron chi connectivity index (χ2n) is 3.22. The van der Waals surface area contributed by atoms with Crippen molar-refractivity contribution in [1.82, 2.24) is 10.2 Å². The molecule has 0 aliphatic rings. The van der Waals surface area contributed by atoms with Crippen molar-refractivity contribution in [2.24, 2.45) is 0 Å². The first-order chi connectivity index (χ1) is 6.61. The Labute approximate surface area is 86.4 Å². The third-order valence-electron chi connectivity index (χ3n) is 1.88. The Morgan fingerprint density at radius 3 is 2.50 bits per heavy atom. The lowest BCUT2D eigenvalue weighted by molar-refractivity contribution is -0.132. The molecule has 0 bridgehead atoms. The summed E-state index contributed by atoms with van der Waals surface area (Å²) in [5, 5.41) is 3.13. The quantitative estimate of drug-likeness (QED) is 0.424. The van der Waals surface area contributed by atoms with Gasteiger partial charge in [-0.25, -0.2) is 0 Å². The maximum absolute atomic E-state index is 11.4. The minimum Gasteiger partial charge on any atom is -0.335 e. The minimum atomic E-state index is 0.0308. The number of nitrogens with zero attached hydrogens (tertiary/aromatic N) is 1. The summed E-state index contributed by atoms with van der Waals surface area (Å²) < 4.78 is 0. The van der Waals surface area contributed by atoms with Gasteiger partial charge in [-0.1, -0.05) is 6.92 Å². The maximum Gasteiger partial charge on any atom is 0.215 e. The fourth-order valence-electron chi connectivity index (χ4n) is 1.18. The highest BCUT2D eigenvalue weighted by atomic mass is 16.2. The Morgan fingerprint density at radius 1 is 1.43 bits per heavy atom. The molecule has 0 aromatic heterocycles. The monoisotopic (exact) mass is 198 g/mol. The Balaban J connectivity index is 3.97. The number of ketones is 1. The lowest BCUT2D eigenvalue weighted by atomic mass is 10.0. The van der Waals surface area contributed by atoms with Crippen molar-refractivity contribution in [3.05, 3.63) is 0 Å². The van der Waals surface area contributed by atoms with Crippen LogP contribution in [0.5, 0.6) is 0 Å². The van der Waals surface area contributed by atoms with Crippen LogP contribution < -0.4 is 5.32 Å². The van der Waals surface area contributed by atoms with Crippen LogP contribution in [-0.4, -0.2) is 50.6 Å². The van der Waals surface area contributed by atoms with Gasteiger partial charge in [0.15, 0.2) is 0 Å². The van der Waals surface area contributed by atoms with Crippen LogP contribution in [0.4, 0.5) is 0 Å². The molecule has 0 fully saturated rings. The standard InChI is InChI=1S/C9H19BN2O2/c1-3-11-4-5-12(7-8(2)13)9(14)6-10/h11H,3-7,10H2,1-2H3. The summed E-state index contributed by atoms with van der Waals surface area (Å²) in [5.41, 5.74) is 0. The molecule has 0 spiro atoms. The molecule has 0 rings (SSSR count). The molecule has 1 N–H and O–H groups in total. The van der Waals surface area contributed by atoms with Crippen LogP contribution in [0.25, 0.3) is 0 Å². The van der Waals surface area contributed by atoms with Crippen LogP contribution in [-0.2, 0) is 9.59 Å². The molecule has 0 aromatic rings. The van der Waals surface area contributed by atoms with Crippen molar-refractivity contribution in [2.45, 2.75) is 20.2 Å².